The number of hydrogen-bond donors (Lipinski definition) is 1. The van der Waals surface area contributed by atoms with Crippen molar-refractivity contribution in [1.82, 2.24) is 0 Å². The number of aryl methyl sites for hydroxylation is 2. The number of nitrogens with one attached hydrogen (secondary N) is 1. The van der Waals surface area contributed by atoms with Crippen molar-refractivity contribution in [3.63, 3.8) is 0 Å². The number of benzene rings is 2. The van der Waals surface area contributed by atoms with E-state index in [0.29, 0.717) is 4.88 Å². The molecule has 0 saturated carbocycles. The van der Waals surface area contributed by atoms with Gasteiger partial charge in [0.15, 0.2) is 5.75 Å². The molecule has 1 heterocycles. The van der Waals surface area contributed by atoms with Gasteiger partial charge < -0.3 is 14.8 Å². The van der Waals surface area contributed by atoms with Crippen LogP contribution in [0, 0.1) is 19.7 Å². The maximum Gasteiger partial charge on any atom is 0.387 e. The monoisotopic (exact) mass is 421 g/mol. The van der Waals surface area contributed by atoms with Crippen LogP contribution in [0.2, 0.25) is 0 Å². The molecule has 0 atom stereocenters. The zero-order valence-electron chi connectivity index (χ0n) is 15.7. The minimum absolute atomic E-state index is 0.0434. The quantitative estimate of drug-likeness (QED) is 0.514. The molecular formula is C21H18F3NO3S. The number of carbonyl (C=O) groups excluding carboxylic acids is 1. The van der Waals surface area contributed by atoms with Crippen molar-refractivity contribution in [2.45, 2.75) is 27.1 Å². The molecule has 3 rings (SSSR count). The topological polar surface area (TPSA) is 47.6 Å². The van der Waals surface area contributed by atoms with Gasteiger partial charge in [-0.05, 0) is 49.1 Å². The van der Waals surface area contributed by atoms with E-state index in [2.05, 4.69) is 10.1 Å². The summed E-state index contributed by atoms with van der Waals surface area (Å²) in [6, 6.07) is 10.5. The van der Waals surface area contributed by atoms with Gasteiger partial charge in [-0.2, -0.15) is 8.78 Å². The SMILES string of the molecule is Cc1ccc(OCc2csc(C(=O)Nc3ccc(F)cc3OC(F)F)c2)c(C)c1. The van der Waals surface area contributed by atoms with Gasteiger partial charge in [-0.1, -0.05) is 17.7 Å². The van der Waals surface area contributed by atoms with Crippen molar-refractivity contribution < 1.29 is 27.4 Å². The summed E-state index contributed by atoms with van der Waals surface area (Å²) >= 11 is 1.19. The van der Waals surface area contributed by atoms with E-state index in [1.54, 1.807) is 11.4 Å². The summed E-state index contributed by atoms with van der Waals surface area (Å²) < 4.78 is 48.4. The van der Waals surface area contributed by atoms with Crippen LogP contribution in [0.15, 0.2) is 47.8 Å². The lowest BCUT2D eigenvalue weighted by Crippen LogP contribution is -2.13. The van der Waals surface area contributed by atoms with Gasteiger partial charge in [0.1, 0.15) is 18.2 Å². The largest absolute Gasteiger partial charge is 0.489 e. The average molecular weight is 421 g/mol. The summed E-state index contributed by atoms with van der Waals surface area (Å²) in [7, 11) is 0. The molecule has 0 spiro atoms. The molecule has 0 aliphatic rings. The molecule has 4 nitrogen and oxygen atoms in total. The minimum Gasteiger partial charge on any atom is -0.489 e. The highest BCUT2D eigenvalue weighted by Gasteiger charge is 2.16. The number of ether oxygens (including phenoxy) is 2. The van der Waals surface area contributed by atoms with Crippen molar-refractivity contribution in [1.29, 1.82) is 0 Å². The van der Waals surface area contributed by atoms with Crippen LogP contribution < -0.4 is 14.8 Å². The molecule has 1 N–H and O–H groups in total. The smallest absolute Gasteiger partial charge is 0.387 e. The molecule has 0 aliphatic heterocycles. The number of halogens is 3. The number of thiophene rings is 1. The molecule has 8 heteroatoms. The third-order valence-electron chi connectivity index (χ3n) is 4.01. The molecule has 0 saturated heterocycles. The van der Waals surface area contributed by atoms with Crippen molar-refractivity contribution in [3.05, 3.63) is 75.2 Å². The Morgan fingerprint density at radius 1 is 1.10 bits per heavy atom. The van der Waals surface area contributed by atoms with Gasteiger partial charge in [-0.15, -0.1) is 11.3 Å². The normalized spacial score (nSPS) is 10.8. The predicted molar refractivity (Wildman–Crippen MR) is 106 cm³/mol. The summed E-state index contributed by atoms with van der Waals surface area (Å²) in [5.74, 6) is -0.949. The fourth-order valence-electron chi connectivity index (χ4n) is 2.67. The molecule has 1 amide bonds. The van der Waals surface area contributed by atoms with E-state index in [0.717, 1.165) is 34.6 Å². The first kappa shape index (κ1) is 20.7. The van der Waals surface area contributed by atoms with Crippen molar-refractivity contribution in [2.24, 2.45) is 0 Å². The highest BCUT2D eigenvalue weighted by atomic mass is 32.1. The van der Waals surface area contributed by atoms with Gasteiger partial charge in [0.05, 0.1) is 10.6 Å². The van der Waals surface area contributed by atoms with E-state index < -0.39 is 24.1 Å². The number of alkyl halides is 2. The lowest BCUT2D eigenvalue weighted by molar-refractivity contribution is -0.0495. The summed E-state index contributed by atoms with van der Waals surface area (Å²) in [5, 5.41) is 4.24. The second-order valence-electron chi connectivity index (χ2n) is 6.35. The van der Waals surface area contributed by atoms with E-state index >= 15 is 0 Å². The maximum atomic E-state index is 13.3. The molecular weight excluding hydrogens is 403 g/mol. The van der Waals surface area contributed by atoms with Gasteiger partial charge in [0.25, 0.3) is 5.91 Å². The third-order valence-corrected chi connectivity index (χ3v) is 4.99. The number of anilines is 1. The van der Waals surface area contributed by atoms with Gasteiger partial charge in [0.2, 0.25) is 0 Å². The van der Waals surface area contributed by atoms with Crippen LogP contribution in [-0.4, -0.2) is 12.5 Å². The maximum absolute atomic E-state index is 13.3. The van der Waals surface area contributed by atoms with Gasteiger partial charge >= 0.3 is 6.61 Å². The molecule has 0 fully saturated rings. The summed E-state index contributed by atoms with van der Waals surface area (Å²) in [4.78, 5) is 12.8. The van der Waals surface area contributed by atoms with Crippen molar-refractivity contribution in [2.75, 3.05) is 5.32 Å². The second-order valence-corrected chi connectivity index (χ2v) is 7.26. The zero-order chi connectivity index (χ0) is 21.0. The van der Waals surface area contributed by atoms with Gasteiger partial charge in [-0.3, -0.25) is 4.79 Å². The Balaban J connectivity index is 1.66. The molecule has 152 valence electrons. The minimum atomic E-state index is -3.14. The molecule has 2 aromatic carbocycles. The van der Waals surface area contributed by atoms with Crippen molar-refractivity contribution in [3.8, 4) is 11.5 Å². The molecule has 1 aromatic heterocycles. The molecule has 3 aromatic rings. The summed E-state index contributed by atoms with van der Waals surface area (Å²) in [6.45, 7) is 1.10. The zero-order valence-corrected chi connectivity index (χ0v) is 16.5. The molecule has 0 bridgehead atoms. The Hall–Kier alpha value is -3.00. The van der Waals surface area contributed by atoms with Crippen LogP contribution in [0.5, 0.6) is 11.5 Å². The molecule has 0 aliphatic carbocycles. The van der Waals surface area contributed by atoms with Gasteiger partial charge in [-0.25, -0.2) is 4.39 Å². The van der Waals surface area contributed by atoms with Gasteiger partial charge in [0, 0.05) is 11.6 Å². The average Bonchev–Trinajstić information content (AvgIpc) is 3.12. The van der Waals surface area contributed by atoms with E-state index in [-0.39, 0.29) is 12.3 Å². The molecule has 29 heavy (non-hydrogen) atoms. The fraction of sp³-hybridized carbons (Fsp3) is 0.190. The lowest BCUT2D eigenvalue weighted by atomic mass is 10.1. The van der Waals surface area contributed by atoms with E-state index in [1.165, 1.54) is 17.4 Å². The first-order valence-electron chi connectivity index (χ1n) is 8.65. The fourth-order valence-corrected chi connectivity index (χ4v) is 3.46. The first-order valence-corrected chi connectivity index (χ1v) is 9.53. The highest BCUT2D eigenvalue weighted by molar-refractivity contribution is 7.12. The Morgan fingerprint density at radius 2 is 1.90 bits per heavy atom. The Bertz CT molecular complexity index is 1020. The van der Waals surface area contributed by atoms with Crippen LogP contribution in [0.25, 0.3) is 0 Å². The highest BCUT2D eigenvalue weighted by Crippen LogP contribution is 2.28. The van der Waals surface area contributed by atoms with E-state index in [9.17, 15) is 18.0 Å². The number of hydrogen-bond acceptors (Lipinski definition) is 4. The predicted octanol–water partition coefficient (Wildman–Crippen LogP) is 5.94. The van der Waals surface area contributed by atoms with Crippen LogP contribution >= 0.6 is 11.3 Å². The standard InChI is InChI=1S/C21H18F3NO3S/c1-12-3-6-17(13(2)7-12)27-10-14-8-19(29-11-14)20(26)25-16-5-4-15(22)9-18(16)28-21(23)24/h3-9,11,21H,10H2,1-2H3,(H,25,26). The Morgan fingerprint density at radius 3 is 2.62 bits per heavy atom. The van der Waals surface area contributed by atoms with Crippen molar-refractivity contribution >= 4 is 22.9 Å². The molecule has 0 radical (unpaired) electrons. The van der Waals surface area contributed by atoms with Crippen LogP contribution in [-0.2, 0) is 6.61 Å². The number of carbonyl (C=O) groups is 1. The summed E-state index contributed by atoms with van der Waals surface area (Å²) in [6.07, 6.45) is 0. The number of amides is 1. The Kier molecular flexibility index (Phi) is 6.43. The third kappa shape index (κ3) is 5.51. The molecule has 0 unspecified atom stereocenters. The van der Waals surface area contributed by atoms with E-state index in [4.69, 9.17) is 4.74 Å². The van der Waals surface area contributed by atoms with E-state index in [1.807, 2.05) is 32.0 Å². The first-order chi connectivity index (χ1) is 13.8. The van der Waals surface area contributed by atoms with Crippen LogP contribution in [0.3, 0.4) is 0 Å². The number of rotatable bonds is 7. The summed E-state index contributed by atoms with van der Waals surface area (Å²) in [5.41, 5.74) is 2.91. The lowest BCUT2D eigenvalue weighted by Gasteiger charge is -2.11. The second kappa shape index (κ2) is 9.00. The Labute approximate surface area is 169 Å². The van der Waals surface area contributed by atoms with Crippen LogP contribution in [0.1, 0.15) is 26.4 Å². The van der Waals surface area contributed by atoms with Crippen LogP contribution in [0.4, 0.5) is 18.9 Å².